The van der Waals surface area contributed by atoms with Crippen LogP contribution in [0.3, 0.4) is 0 Å². The molecule has 2 heterocycles. The molecule has 0 radical (unpaired) electrons. The van der Waals surface area contributed by atoms with Gasteiger partial charge in [-0.3, -0.25) is 4.79 Å². The van der Waals surface area contributed by atoms with Crippen molar-refractivity contribution in [1.29, 1.82) is 0 Å². The molecule has 0 bridgehead atoms. The molecule has 1 aliphatic carbocycles. The molecule has 4 rings (SSSR count). The molecule has 152 valence electrons. The van der Waals surface area contributed by atoms with E-state index in [4.69, 9.17) is 0 Å². The SMILES string of the molecule is Cc1nnc(N[C@H](C)c2cccc(C(F)F)c2F)c2cn(C3CCC3)c(=O)cc12. The van der Waals surface area contributed by atoms with E-state index >= 15 is 0 Å². The van der Waals surface area contributed by atoms with Gasteiger partial charge in [0.2, 0.25) is 0 Å². The smallest absolute Gasteiger partial charge is 0.266 e. The Morgan fingerprint density at radius 2 is 1.90 bits per heavy atom. The van der Waals surface area contributed by atoms with Gasteiger partial charge < -0.3 is 9.88 Å². The Morgan fingerprint density at radius 3 is 2.55 bits per heavy atom. The highest BCUT2D eigenvalue weighted by molar-refractivity contribution is 5.92. The molecule has 3 aromatic rings. The summed E-state index contributed by atoms with van der Waals surface area (Å²) in [6.07, 6.45) is 1.87. The predicted molar refractivity (Wildman–Crippen MR) is 105 cm³/mol. The molecule has 2 aromatic heterocycles. The fourth-order valence-electron chi connectivity index (χ4n) is 3.68. The van der Waals surface area contributed by atoms with Crippen molar-refractivity contribution >= 4 is 16.6 Å². The van der Waals surface area contributed by atoms with Crippen LogP contribution in [0.5, 0.6) is 0 Å². The summed E-state index contributed by atoms with van der Waals surface area (Å²) in [4.78, 5) is 12.5. The van der Waals surface area contributed by atoms with Crippen molar-refractivity contribution < 1.29 is 13.2 Å². The number of pyridine rings is 1. The molecule has 1 N–H and O–H groups in total. The van der Waals surface area contributed by atoms with E-state index in [9.17, 15) is 18.0 Å². The minimum Gasteiger partial charge on any atom is -0.361 e. The first-order valence-electron chi connectivity index (χ1n) is 9.59. The number of aryl methyl sites for hydroxylation is 1. The number of halogens is 3. The van der Waals surface area contributed by atoms with Crippen LogP contribution < -0.4 is 10.9 Å². The summed E-state index contributed by atoms with van der Waals surface area (Å²) in [5.41, 5.74) is 0.00961. The largest absolute Gasteiger partial charge is 0.361 e. The summed E-state index contributed by atoms with van der Waals surface area (Å²) in [6, 6.07) is 5.04. The average Bonchev–Trinajstić information content (AvgIpc) is 2.63. The first-order valence-corrected chi connectivity index (χ1v) is 9.59. The second-order valence-electron chi connectivity index (χ2n) is 7.48. The Hall–Kier alpha value is -2.90. The van der Waals surface area contributed by atoms with Gasteiger partial charge in [-0.15, -0.1) is 5.10 Å². The van der Waals surface area contributed by atoms with Crippen LogP contribution in [-0.2, 0) is 0 Å². The molecular weight excluding hydrogens is 381 g/mol. The number of hydrogen-bond donors (Lipinski definition) is 1. The van der Waals surface area contributed by atoms with Crippen molar-refractivity contribution in [2.24, 2.45) is 0 Å². The number of nitrogens with zero attached hydrogens (tertiary/aromatic N) is 3. The number of aromatic nitrogens is 3. The highest BCUT2D eigenvalue weighted by Gasteiger charge is 2.23. The first kappa shape index (κ1) is 19.4. The van der Waals surface area contributed by atoms with Crippen LogP contribution in [0.1, 0.15) is 61.5 Å². The van der Waals surface area contributed by atoms with E-state index in [1.54, 1.807) is 30.7 Å². The van der Waals surface area contributed by atoms with E-state index in [0.29, 0.717) is 22.3 Å². The monoisotopic (exact) mass is 402 g/mol. The molecule has 1 saturated carbocycles. The number of benzene rings is 1. The minimum atomic E-state index is -2.89. The van der Waals surface area contributed by atoms with Gasteiger partial charge in [-0.1, -0.05) is 18.2 Å². The maximum atomic E-state index is 14.5. The normalized spacial score (nSPS) is 15.5. The van der Waals surface area contributed by atoms with Crippen molar-refractivity contribution in [2.45, 2.75) is 51.6 Å². The Morgan fingerprint density at radius 1 is 1.17 bits per heavy atom. The fourth-order valence-corrected chi connectivity index (χ4v) is 3.68. The van der Waals surface area contributed by atoms with E-state index in [0.717, 1.165) is 25.3 Å². The Kier molecular flexibility index (Phi) is 5.02. The lowest BCUT2D eigenvalue weighted by molar-refractivity contribution is 0.146. The molecule has 1 aromatic carbocycles. The summed E-state index contributed by atoms with van der Waals surface area (Å²) in [5, 5.41) is 12.7. The molecule has 0 spiro atoms. The molecule has 1 atom stereocenters. The Bertz CT molecular complexity index is 1120. The van der Waals surface area contributed by atoms with Crippen LogP contribution in [0.4, 0.5) is 19.0 Å². The quantitative estimate of drug-likeness (QED) is 0.647. The Labute approximate surface area is 165 Å². The lowest BCUT2D eigenvalue weighted by Gasteiger charge is -2.28. The highest BCUT2D eigenvalue weighted by Crippen LogP contribution is 2.33. The van der Waals surface area contributed by atoms with E-state index in [-0.39, 0.29) is 17.2 Å². The van der Waals surface area contributed by atoms with Crippen molar-refractivity contribution in [3.63, 3.8) is 0 Å². The Balaban J connectivity index is 1.75. The van der Waals surface area contributed by atoms with Crippen LogP contribution in [0.15, 0.2) is 35.3 Å². The van der Waals surface area contributed by atoms with E-state index in [2.05, 4.69) is 15.5 Å². The van der Waals surface area contributed by atoms with Crippen LogP contribution in [-0.4, -0.2) is 14.8 Å². The average molecular weight is 402 g/mol. The van der Waals surface area contributed by atoms with Gasteiger partial charge in [0.15, 0.2) is 5.82 Å². The maximum Gasteiger partial charge on any atom is 0.266 e. The number of rotatable bonds is 5. The molecule has 8 heteroatoms. The molecule has 5 nitrogen and oxygen atoms in total. The number of anilines is 1. The van der Waals surface area contributed by atoms with Gasteiger partial charge in [0.05, 0.1) is 17.3 Å². The zero-order chi connectivity index (χ0) is 20.7. The third-order valence-electron chi connectivity index (χ3n) is 5.61. The molecule has 29 heavy (non-hydrogen) atoms. The highest BCUT2D eigenvalue weighted by atomic mass is 19.3. The lowest BCUT2D eigenvalue weighted by Crippen LogP contribution is -2.28. The second kappa shape index (κ2) is 7.50. The fraction of sp³-hybridized carbons (Fsp3) is 0.381. The summed E-state index contributed by atoms with van der Waals surface area (Å²) in [7, 11) is 0. The molecule has 0 amide bonds. The van der Waals surface area contributed by atoms with E-state index in [1.807, 2.05) is 0 Å². The third-order valence-corrected chi connectivity index (χ3v) is 5.61. The van der Waals surface area contributed by atoms with Gasteiger partial charge in [0.25, 0.3) is 12.0 Å². The predicted octanol–water partition coefficient (Wildman–Crippen LogP) is 5.07. The maximum absolute atomic E-state index is 14.5. The zero-order valence-electron chi connectivity index (χ0n) is 16.1. The number of nitrogens with one attached hydrogen (secondary N) is 1. The topological polar surface area (TPSA) is 59.8 Å². The van der Waals surface area contributed by atoms with Gasteiger partial charge in [0, 0.05) is 34.6 Å². The van der Waals surface area contributed by atoms with Gasteiger partial charge in [-0.2, -0.15) is 5.10 Å². The molecule has 1 aliphatic rings. The zero-order valence-corrected chi connectivity index (χ0v) is 16.1. The van der Waals surface area contributed by atoms with Gasteiger partial charge in [-0.25, -0.2) is 13.2 Å². The lowest BCUT2D eigenvalue weighted by atomic mass is 9.92. The number of alkyl halides is 2. The van der Waals surface area contributed by atoms with Crippen LogP contribution in [0.25, 0.3) is 10.8 Å². The summed E-state index contributed by atoms with van der Waals surface area (Å²) in [5.74, 6) is -0.550. The summed E-state index contributed by atoms with van der Waals surface area (Å²) in [6.45, 7) is 3.43. The van der Waals surface area contributed by atoms with Crippen LogP contribution in [0, 0.1) is 12.7 Å². The summed E-state index contributed by atoms with van der Waals surface area (Å²) < 4.78 is 42.3. The van der Waals surface area contributed by atoms with Gasteiger partial charge >= 0.3 is 0 Å². The molecular formula is C21H21F3N4O. The van der Waals surface area contributed by atoms with Crippen LogP contribution in [0.2, 0.25) is 0 Å². The third kappa shape index (κ3) is 3.47. The van der Waals surface area contributed by atoms with Crippen LogP contribution >= 0.6 is 0 Å². The number of fused-ring (bicyclic) bond motifs is 1. The van der Waals surface area contributed by atoms with Crippen molar-refractivity contribution in [3.8, 4) is 0 Å². The van der Waals surface area contributed by atoms with Gasteiger partial charge in [0.1, 0.15) is 5.82 Å². The summed E-state index contributed by atoms with van der Waals surface area (Å²) >= 11 is 0. The van der Waals surface area contributed by atoms with Crippen molar-refractivity contribution in [2.75, 3.05) is 5.32 Å². The van der Waals surface area contributed by atoms with E-state index in [1.165, 1.54) is 12.1 Å². The first-order chi connectivity index (χ1) is 13.9. The van der Waals surface area contributed by atoms with Crippen molar-refractivity contribution in [1.82, 2.24) is 14.8 Å². The second-order valence-corrected chi connectivity index (χ2v) is 7.48. The molecule has 0 saturated heterocycles. The molecule has 1 fully saturated rings. The van der Waals surface area contributed by atoms with E-state index < -0.39 is 23.8 Å². The number of hydrogen-bond acceptors (Lipinski definition) is 4. The molecule has 0 unspecified atom stereocenters. The minimum absolute atomic E-state index is 0.0898. The standard InChI is InChI=1S/C21H21F3N4O/c1-11(14-7-4-8-15(19(14)22)20(23)24)25-21-17-10-28(13-5-3-6-13)18(29)9-16(17)12(2)26-27-21/h4,7-11,13,20H,3,5-6H2,1-2H3,(H,25,27)/t11-/m1/s1. The van der Waals surface area contributed by atoms with Crippen molar-refractivity contribution in [3.05, 3.63) is 63.5 Å². The van der Waals surface area contributed by atoms with Gasteiger partial charge in [-0.05, 0) is 33.1 Å². The molecule has 0 aliphatic heterocycles.